The minimum absolute atomic E-state index is 0.213. The van der Waals surface area contributed by atoms with E-state index in [1.807, 2.05) is 42.5 Å². The Morgan fingerprint density at radius 1 is 1.19 bits per heavy atom. The van der Waals surface area contributed by atoms with Gasteiger partial charge in [0.15, 0.2) is 5.11 Å². The first-order chi connectivity index (χ1) is 12.6. The van der Waals surface area contributed by atoms with Crippen molar-refractivity contribution in [3.05, 3.63) is 72.4 Å². The third kappa shape index (κ3) is 3.75. The lowest BCUT2D eigenvalue weighted by molar-refractivity contribution is -0.113. The average Bonchev–Trinajstić information content (AvgIpc) is 2.94. The van der Waals surface area contributed by atoms with Gasteiger partial charge in [0.05, 0.1) is 12.8 Å². The number of rotatable bonds is 6. The largest absolute Gasteiger partial charge is 0.497 e. The molecular weight excluding hydrogens is 348 g/mol. The van der Waals surface area contributed by atoms with Gasteiger partial charge in [0, 0.05) is 6.07 Å². The van der Waals surface area contributed by atoms with Crippen LogP contribution in [0.25, 0.3) is 6.08 Å². The Balaban J connectivity index is 1.81. The molecule has 0 aromatic heterocycles. The molecule has 0 radical (unpaired) electrons. The summed E-state index contributed by atoms with van der Waals surface area (Å²) in [5.74, 6) is 1.19. The molecular formula is C20H18N2O3S. The Bertz CT molecular complexity index is 875. The fourth-order valence-corrected chi connectivity index (χ4v) is 2.80. The second-order valence-electron chi connectivity index (χ2n) is 5.50. The first kappa shape index (κ1) is 17.7. The topological polar surface area (TPSA) is 50.8 Å². The van der Waals surface area contributed by atoms with Crippen LogP contribution in [0, 0.1) is 0 Å². The molecule has 6 heteroatoms. The second kappa shape index (κ2) is 7.84. The Kier molecular flexibility index (Phi) is 5.34. The molecule has 0 unspecified atom stereocenters. The Labute approximate surface area is 157 Å². The summed E-state index contributed by atoms with van der Waals surface area (Å²) in [6.07, 6.45) is 3.44. The number of methoxy groups -OCH3 is 1. The van der Waals surface area contributed by atoms with Crippen molar-refractivity contribution in [2.75, 3.05) is 18.6 Å². The van der Waals surface area contributed by atoms with Crippen LogP contribution >= 0.6 is 12.2 Å². The van der Waals surface area contributed by atoms with Crippen molar-refractivity contribution in [1.29, 1.82) is 0 Å². The highest BCUT2D eigenvalue weighted by Crippen LogP contribution is 2.26. The van der Waals surface area contributed by atoms with Gasteiger partial charge < -0.3 is 14.8 Å². The lowest BCUT2D eigenvalue weighted by atomic mass is 10.2. The van der Waals surface area contributed by atoms with Crippen LogP contribution in [-0.2, 0) is 4.79 Å². The van der Waals surface area contributed by atoms with Crippen molar-refractivity contribution in [2.24, 2.45) is 0 Å². The fourth-order valence-electron chi connectivity index (χ4n) is 2.50. The summed E-state index contributed by atoms with van der Waals surface area (Å²) in [4.78, 5) is 14.2. The number of nitrogens with one attached hydrogen (secondary N) is 1. The maximum atomic E-state index is 12.8. The number of hydrogen-bond acceptors (Lipinski definition) is 4. The number of nitrogens with zero attached hydrogens (tertiary/aromatic N) is 1. The van der Waals surface area contributed by atoms with Gasteiger partial charge in [0.2, 0.25) is 0 Å². The van der Waals surface area contributed by atoms with Crippen molar-refractivity contribution in [3.63, 3.8) is 0 Å². The zero-order valence-corrected chi connectivity index (χ0v) is 15.1. The van der Waals surface area contributed by atoms with Gasteiger partial charge in [-0.3, -0.25) is 9.69 Å². The number of carbonyl (C=O) groups excluding carboxylic acids is 1. The predicted octanol–water partition coefficient (Wildman–Crippen LogP) is 3.52. The molecule has 0 saturated carbocycles. The molecule has 1 saturated heterocycles. The van der Waals surface area contributed by atoms with Crippen LogP contribution in [-0.4, -0.2) is 24.7 Å². The number of thiocarbonyl (C=S) groups is 1. The third-order valence-corrected chi connectivity index (χ3v) is 4.03. The molecule has 1 fully saturated rings. The third-order valence-electron chi connectivity index (χ3n) is 3.75. The van der Waals surface area contributed by atoms with E-state index in [1.165, 1.54) is 4.90 Å². The van der Waals surface area contributed by atoms with Gasteiger partial charge in [-0.05, 0) is 48.1 Å². The van der Waals surface area contributed by atoms with Crippen LogP contribution in [0.3, 0.4) is 0 Å². The molecule has 5 nitrogen and oxygen atoms in total. The molecule has 0 spiro atoms. The van der Waals surface area contributed by atoms with E-state index < -0.39 is 0 Å². The summed E-state index contributed by atoms with van der Waals surface area (Å²) in [6.45, 7) is 4.06. The van der Waals surface area contributed by atoms with Gasteiger partial charge >= 0.3 is 0 Å². The molecule has 2 aromatic rings. The van der Waals surface area contributed by atoms with E-state index in [0.29, 0.717) is 28.9 Å². The lowest BCUT2D eigenvalue weighted by Crippen LogP contribution is -2.30. The highest BCUT2D eigenvalue weighted by Gasteiger charge is 2.32. The molecule has 2 aromatic carbocycles. The smallest absolute Gasteiger partial charge is 0.281 e. The van der Waals surface area contributed by atoms with E-state index in [-0.39, 0.29) is 5.91 Å². The molecule has 1 heterocycles. The highest BCUT2D eigenvalue weighted by molar-refractivity contribution is 7.80. The number of amides is 1. The monoisotopic (exact) mass is 366 g/mol. The van der Waals surface area contributed by atoms with Crippen molar-refractivity contribution in [3.8, 4) is 11.5 Å². The summed E-state index contributed by atoms with van der Waals surface area (Å²) in [5, 5.41) is 3.30. The molecule has 1 N–H and O–H groups in total. The van der Waals surface area contributed by atoms with Crippen LogP contribution in [0.15, 0.2) is 66.9 Å². The number of hydrogen-bond donors (Lipinski definition) is 1. The SMILES string of the molecule is C=CCOc1ccc(/C=C2/NC(=S)N(c3cccc(OC)c3)C2=O)cc1. The van der Waals surface area contributed by atoms with Crippen molar-refractivity contribution >= 4 is 35.0 Å². The molecule has 0 aliphatic carbocycles. The van der Waals surface area contributed by atoms with Crippen LogP contribution in [0.1, 0.15) is 5.56 Å². The average molecular weight is 366 g/mol. The van der Waals surface area contributed by atoms with E-state index >= 15 is 0 Å². The standard InChI is InChI=1S/C20H18N2O3S/c1-3-11-25-16-9-7-14(8-10-16)12-18-19(23)22(20(26)21-18)15-5-4-6-17(13-15)24-2/h3-10,12-13H,1,11H2,2H3,(H,21,26)/b18-12+. The van der Waals surface area contributed by atoms with Crippen LogP contribution in [0.2, 0.25) is 0 Å². The summed E-state index contributed by atoms with van der Waals surface area (Å²) < 4.78 is 10.7. The normalized spacial score (nSPS) is 15.1. The van der Waals surface area contributed by atoms with Crippen molar-refractivity contribution in [1.82, 2.24) is 5.32 Å². The van der Waals surface area contributed by atoms with Gasteiger partial charge in [-0.15, -0.1) is 0 Å². The lowest BCUT2D eigenvalue weighted by Gasteiger charge is -2.14. The zero-order chi connectivity index (χ0) is 18.5. The number of benzene rings is 2. The Morgan fingerprint density at radius 3 is 2.65 bits per heavy atom. The minimum atomic E-state index is -0.213. The zero-order valence-electron chi connectivity index (χ0n) is 14.3. The summed E-state index contributed by atoms with van der Waals surface area (Å²) in [7, 11) is 1.58. The first-order valence-electron chi connectivity index (χ1n) is 7.97. The van der Waals surface area contributed by atoms with Gasteiger partial charge in [-0.1, -0.05) is 30.9 Å². The minimum Gasteiger partial charge on any atom is -0.497 e. The quantitative estimate of drug-likeness (QED) is 0.482. The maximum absolute atomic E-state index is 12.8. The van der Waals surface area contributed by atoms with Crippen molar-refractivity contribution in [2.45, 2.75) is 0 Å². The van der Waals surface area contributed by atoms with Gasteiger partial charge in [0.25, 0.3) is 5.91 Å². The van der Waals surface area contributed by atoms with Gasteiger partial charge in [-0.2, -0.15) is 0 Å². The van der Waals surface area contributed by atoms with E-state index in [9.17, 15) is 4.79 Å². The van der Waals surface area contributed by atoms with Crippen LogP contribution < -0.4 is 19.7 Å². The van der Waals surface area contributed by atoms with Gasteiger partial charge in [0.1, 0.15) is 23.8 Å². The predicted molar refractivity (Wildman–Crippen MR) is 106 cm³/mol. The fraction of sp³-hybridized carbons (Fsp3) is 0.100. The molecule has 0 atom stereocenters. The van der Waals surface area contributed by atoms with Gasteiger partial charge in [-0.25, -0.2) is 0 Å². The molecule has 0 bridgehead atoms. The molecule has 1 aliphatic rings. The van der Waals surface area contributed by atoms with E-state index in [1.54, 1.807) is 25.3 Å². The molecule has 132 valence electrons. The molecule has 3 rings (SSSR count). The summed E-state index contributed by atoms with van der Waals surface area (Å²) in [5.41, 5.74) is 1.93. The van der Waals surface area contributed by atoms with E-state index in [2.05, 4.69) is 11.9 Å². The maximum Gasteiger partial charge on any atom is 0.281 e. The van der Waals surface area contributed by atoms with Crippen LogP contribution in [0.4, 0.5) is 5.69 Å². The Morgan fingerprint density at radius 2 is 1.96 bits per heavy atom. The number of anilines is 1. The van der Waals surface area contributed by atoms with E-state index in [4.69, 9.17) is 21.7 Å². The highest BCUT2D eigenvalue weighted by atomic mass is 32.1. The Hall–Kier alpha value is -3.12. The summed E-state index contributed by atoms with van der Waals surface area (Å²) in [6, 6.07) is 14.6. The van der Waals surface area contributed by atoms with Crippen LogP contribution in [0.5, 0.6) is 11.5 Å². The van der Waals surface area contributed by atoms with Crippen molar-refractivity contribution < 1.29 is 14.3 Å². The second-order valence-corrected chi connectivity index (χ2v) is 5.89. The van der Waals surface area contributed by atoms with E-state index in [0.717, 1.165) is 11.3 Å². The molecule has 1 aliphatic heterocycles. The molecule has 26 heavy (non-hydrogen) atoms. The summed E-state index contributed by atoms with van der Waals surface area (Å²) >= 11 is 5.32. The number of ether oxygens (including phenoxy) is 2. The molecule has 1 amide bonds. The number of carbonyl (C=O) groups is 1. The first-order valence-corrected chi connectivity index (χ1v) is 8.38.